The van der Waals surface area contributed by atoms with Crippen LogP contribution in [0.5, 0.6) is 0 Å². The lowest BCUT2D eigenvalue weighted by Crippen LogP contribution is -2.40. The number of anilines is 2. The van der Waals surface area contributed by atoms with Crippen molar-refractivity contribution in [2.45, 2.75) is 64.8 Å². The van der Waals surface area contributed by atoms with Gasteiger partial charge < -0.3 is 19.8 Å². The molecule has 8 nitrogen and oxygen atoms in total. The van der Waals surface area contributed by atoms with Crippen molar-refractivity contribution < 1.29 is 40.7 Å². The molecular weight excluding hydrogens is 515 g/mol. The summed E-state index contributed by atoms with van der Waals surface area (Å²) in [5.74, 6) is -2.77. The van der Waals surface area contributed by atoms with Crippen molar-refractivity contribution in [2.24, 2.45) is 0 Å². The van der Waals surface area contributed by atoms with Crippen molar-refractivity contribution in [2.75, 3.05) is 10.6 Å². The summed E-state index contributed by atoms with van der Waals surface area (Å²) < 4.78 is 80.7. The zero-order chi connectivity index (χ0) is 28.3. The van der Waals surface area contributed by atoms with Gasteiger partial charge in [0.1, 0.15) is 23.0 Å². The number of carbonyl (C=O) groups is 2. The number of furan rings is 1. The number of alkyl halides is 3. The SMILES string of the molecule is CCCCc1c(C(NC(=O)Nc2ccc(NC(=O)OC(C)(C)C)nc2)C(F)(F)F)oc2c(F)cc(F)cc12. The fourth-order valence-corrected chi connectivity index (χ4v) is 3.58. The van der Waals surface area contributed by atoms with Gasteiger partial charge in [0.05, 0.1) is 11.9 Å². The smallest absolute Gasteiger partial charge is 0.416 e. The average Bonchev–Trinajstić information content (AvgIpc) is 3.13. The van der Waals surface area contributed by atoms with E-state index in [2.05, 4.69) is 15.6 Å². The molecule has 0 fully saturated rings. The Kier molecular flexibility index (Phi) is 8.48. The molecule has 2 heterocycles. The summed E-state index contributed by atoms with van der Waals surface area (Å²) in [6, 6.07) is 0.119. The predicted octanol–water partition coefficient (Wildman–Crippen LogP) is 7.22. The van der Waals surface area contributed by atoms with E-state index in [0.717, 1.165) is 12.3 Å². The molecule has 206 valence electrons. The van der Waals surface area contributed by atoms with Crippen molar-refractivity contribution in [3.63, 3.8) is 0 Å². The third kappa shape index (κ3) is 7.33. The van der Waals surface area contributed by atoms with Crippen molar-refractivity contribution in [1.82, 2.24) is 10.3 Å². The molecule has 2 aromatic heterocycles. The highest BCUT2D eigenvalue weighted by Crippen LogP contribution is 2.40. The molecule has 1 atom stereocenters. The number of ether oxygens (including phenoxy) is 1. The molecule has 0 bridgehead atoms. The number of halogens is 5. The summed E-state index contributed by atoms with van der Waals surface area (Å²) in [7, 11) is 0. The molecule has 0 saturated heterocycles. The average molecular weight is 543 g/mol. The molecule has 0 aliphatic rings. The Hall–Kier alpha value is -3.90. The number of hydrogen-bond donors (Lipinski definition) is 3. The van der Waals surface area contributed by atoms with E-state index in [0.29, 0.717) is 18.9 Å². The first-order chi connectivity index (χ1) is 17.7. The topological polar surface area (TPSA) is 105 Å². The van der Waals surface area contributed by atoms with Gasteiger partial charge in [0, 0.05) is 17.0 Å². The minimum Gasteiger partial charge on any atom is -0.455 e. The van der Waals surface area contributed by atoms with E-state index in [1.807, 2.05) is 0 Å². The first-order valence-electron chi connectivity index (χ1n) is 11.7. The van der Waals surface area contributed by atoms with Gasteiger partial charge >= 0.3 is 18.3 Å². The number of nitrogens with one attached hydrogen (secondary N) is 3. The van der Waals surface area contributed by atoms with E-state index in [-0.39, 0.29) is 28.9 Å². The first-order valence-corrected chi connectivity index (χ1v) is 11.7. The molecule has 0 radical (unpaired) electrons. The zero-order valence-electron chi connectivity index (χ0n) is 21.1. The molecule has 3 N–H and O–H groups in total. The standard InChI is InChI=1S/C25H27F5N4O4/c1-5-6-7-15-16-10-13(26)11-17(27)19(16)37-20(15)21(25(28,29)30)34-22(35)32-14-8-9-18(31-12-14)33-23(36)38-24(2,3)4/h8-12,21H,5-7H2,1-4H3,(H,31,33,36)(H2,32,34,35). The number of amides is 3. The third-order valence-electron chi connectivity index (χ3n) is 5.14. The highest BCUT2D eigenvalue weighted by molar-refractivity contribution is 5.90. The molecule has 3 rings (SSSR count). The van der Waals surface area contributed by atoms with Crippen LogP contribution in [0.3, 0.4) is 0 Å². The molecular formula is C25H27F5N4O4. The molecule has 1 unspecified atom stereocenters. The summed E-state index contributed by atoms with van der Waals surface area (Å²) in [5, 5.41) is 6.27. The second-order valence-electron chi connectivity index (χ2n) is 9.44. The first kappa shape index (κ1) is 28.7. The van der Waals surface area contributed by atoms with Gasteiger partial charge in [0.2, 0.25) is 0 Å². The Morgan fingerprint density at radius 1 is 1.11 bits per heavy atom. The second-order valence-corrected chi connectivity index (χ2v) is 9.44. The third-order valence-corrected chi connectivity index (χ3v) is 5.14. The summed E-state index contributed by atoms with van der Waals surface area (Å²) in [5.41, 5.74) is -1.29. The molecule has 0 spiro atoms. The Balaban J connectivity index is 1.82. The van der Waals surface area contributed by atoms with E-state index in [1.54, 1.807) is 33.0 Å². The second kappa shape index (κ2) is 11.2. The maximum Gasteiger partial charge on any atom is 0.416 e. The number of aromatic nitrogens is 1. The van der Waals surface area contributed by atoms with E-state index in [1.165, 1.54) is 12.1 Å². The van der Waals surface area contributed by atoms with E-state index < -0.39 is 52.9 Å². The summed E-state index contributed by atoms with van der Waals surface area (Å²) in [6.45, 7) is 6.82. The van der Waals surface area contributed by atoms with Gasteiger partial charge in [-0.1, -0.05) is 13.3 Å². The van der Waals surface area contributed by atoms with Crippen LogP contribution in [-0.2, 0) is 11.2 Å². The molecule has 0 saturated carbocycles. The Bertz CT molecular complexity index is 1300. The van der Waals surface area contributed by atoms with Crippen LogP contribution in [0, 0.1) is 11.6 Å². The maximum absolute atomic E-state index is 14.3. The van der Waals surface area contributed by atoms with E-state index >= 15 is 0 Å². The molecule has 3 amide bonds. The maximum atomic E-state index is 14.3. The fourth-order valence-electron chi connectivity index (χ4n) is 3.58. The number of fused-ring (bicyclic) bond motifs is 1. The van der Waals surface area contributed by atoms with Crippen molar-refractivity contribution >= 4 is 34.6 Å². The molecule has 0 aliphatic heterocycles. The largest absolute Gasteiger partial charge is 0.455 e. The van der Waals surface area contributed by atoms with Gasteiger partial charge in [-0.05, 0) is 51.8 Å². The van der Waals surface area contributed by atoms with Crippen molar-refractivity contribution in [3.05, 3.63) is 53.4 Å². The van der Waals surface area contributed by atoms with Gasteiger partial charge in [0.25, 0.3) is 0 Å². The fraction of sp³-hybridized carbons (Fsp3) is 0.400. The summed E-state index contributed by atoms with van der Waals surface area (Å²) in [6.07, 6.45) is -3.61. The molecule has 3 aromatic rings. The molecule has 13 heteroatoms. The van der Waals surface area contributed by atoms with E-state index in [4.69, 9.17) is 9.15 Å². The Morgan fingerprint density at radius 3 is 2.39 bits per heavy atom. The highest BCUT2D eigenvalue weighted by atomic mass is 19.4. The number of carbonyl (C=O) groups excluding carboxylic acids is 2. The molecule has 38 heavy (non-hydrogen) atoms. The number of benzene rings is 1. The van der Waals surface area contributed by atoms with Crippen LogP contribution in [0.2, 0.25) is 0 Å². The number of urea groups is 1. The van der Waals surface area contributed by atoms with Crippen LogP contribution >= 0.6 is 0 Å². The zero-order valence-corrected chi connectivity index (χ0v) is 21.1. The Labute approximate surface area is 214 Å². The van der Waals surface area contributed by atoms with Crippen molar-refractivity contribution in [3.8, 4) is 0 Å². The van der Waals surface area contributed by atoms with Crippen LogP contribution in [0.4, 0.5) is 43.0 Å². The minimum absolute atomic E-state index is 0.0158. The number of hydrogen-bond acceptors (Lipinski definition) is 5. The lowest BCUT2D eigenvalue weighted by molar-refractivity contribution is -0.158. The van der Waals surface area contributed by atoms with Gasteiger partial charge in [-0.2, -0.15) is 13.2 Å². The van der Waals surface area contributed by atoms with Crippen LogP contribution in [0.1, 0.15) is 57.9 Å². The summed E-state index contributed by atoms with van der Waals surface area (Å²) >= 11 is 0. The van der Waals surface area contributed by atoms with Gasteiger partial charge in [-0.25, -0.2) is 23.4 Å². The minimum atomic E-state index is -5.03. The number of pyridine rings is 1. The van der Waals surface area contributed by atoms with Crippen LogP contribution in [-0.4, -0.2) is 28.9 Å². The van der Waals surface area contributed by atoms with Crippen LogP contribution < -0.4 is 16.0 Å². The van der Waals surface area contributed by atoms with Gasteiger partial charge in [-0.15, -0.1) is 0 Å². The van der Waals surface area contributed by atoms with E-state index in [9.17, 15) is 31.5 Å². The highest BCUT2D eigenvalue weighted by Gasteiger charge is 2.46. The lowest BCUT2D eigenvalue weighted by atomic mass is 10.0. The summed E-state index contributed by atoms with van der Waals surface area (Å²) in [4.78, 5) is 28.2. The lowest BCUT2D eigenvalue weighted by Gasteiger charge is -2.21. The number of aryl methyl sites for hydroxylation is 1. The molecule has 0 aliphatic carbocycles. The van der Waals surface area contributed by atoms with Crippen LogP contribution in [0.25, 0.3) is 11.0 Å². The monoisotopic (exact) mass is 542 g/mol. The number of rotatable bonds is 7. The van der Waals surface area contributed by atoms with Crippen LogP contribution in [0.15, 0.2) is 34.9 Å². The normalized spacial score (nSPS) is 12.8. The number of nitrogens with zero attached hydrogens (tertiary/aromatic N) is 1. The number of unbranched alkanes of at least 4 members (excludes halogenated alkanes) is 1. The Morgan fingerprint density at radius 2 is 1.82 bits per heavy atom. The van der Waals surface area contributed by atoms with Gasteiger partial charge in [-0.3, -0.25) is 5.32 Å². The molecule has 1 aromatic carbocycles. The quantitative estimate of drug-likeness (QED) is 0.273. The predicted molar refractivity (Wildman–Crippen MR) is 130 cm³/mol. The van der Waals surface area contributed by atoms with Crippen molar-refractivity contribution in [1.29, 1.82) is 0 Å². The van der Waals surface area contributed by atoms with Gasteiger partial charge in [0.15, 0.2) is 17.4 Å².